The first kappa shape index (κ1) is 41.8. The number of fused-ring (bicyclic) bond motifs is 2. The van der Waals surface area contributed by atoms with Crippen LogP contribution in [0.4, 0.5) is 11.4 Å². The first-order chi connectivity index (χ1) is 30.8. The van der Waals surface area contributed by atoms with Gasteiger partial charge in [0.1, 0.15) is 0 Å². The highest BCUT2D eigenvalue weighted by Crippen LogP contribution is 2.30. The van der Waals surface area contributed by atoms with Crippen LogP contribution in [0, 0.1) is 0 Å². The maximum Gasteiger partial charge on any atom is 0.266 e. The molecule has 7 aromatic rings. The summed E-state index contributed by atoms with van der Waals surface area (Å²) in [6.07, 6.45) is 7.70. The van der Waals surface area contributed by atoms with Crippen LogP contribution >= 0.6 is 0 Å². The van der Waals surface area contributed by atoms with Gasteiger partial charge < -0.3 is 5.11 Å². The highest BCUT2D eigenvalue weighted by Gasteiger charge is 2.29. The molecule has 1 atom stereocenters. The average molecular weight is 853 g/mol. The van der Waals surface area contributed by atoms with Gasteiger partial charge in [0, 0.05) is 18.2 Å². The van der Waals surface area contributed by atoms with Crippen molar-refractivity contribution < 1.29 is 19.5 Å². The van der Waals surface area contributed by atoms with Gasteiger partial charge in [-0.3, -0.25) is 38.5 Å². The van der Waals surface area contributed by atoms with Gasteiger partial charge in [-0.05, 0) is 126 Å². The summed E-state index contributed by atoms with van der Waals surface area (Å²) in [7, 11) is 0. The predicted octanol–water partition coefficient (Wildman–Crippen LogP) is 5.97. The Bertz CT molecular complexity index is 3320. The Hall–Kier alpha value is -7.57. The molecule has 0 aliphatic carbocycles. The van der Waals surface area contributed by atoms with Crippen LogP contribution in [0.3, 0.4) is 0 Å². The molecular formula is C52H44N4O8. The second-order valence-corrected chi connectivity index (χ2v) is 16.3. The van der Waals surface area contributed by atoms with Crippen molar-refractivity contribution in [2.75, 3.05) is 9.80 Å². The van der Waals surface area contributed by atoms with E-state index in [-0.39, 0.29) is 39.3 Å². The van der Waals surface area contributed by atoms with Gasteiger partial charge in [0.2, 0.25) is 0 Å². The zero-order chi connectivity index (χ0) is 45.1. The lowest BCUT2D eigenvalue weighted by Gasteiger charge is -2.24. The van der Waals surface area contributed by atoms with E-state index < -0.39 is 28.5 Å². The number of aliphatic hydroxyl groups excluding tert-OH is 1. The van der Waals surface area contributed by atoms with E-state index in [0.717, 1.165) is 53.6 Å². The number of carbonyl (C=O) groups excluding carboxylic acids is 3. The number of hydrogen-bond donors (Lipinski definition) is 1. The Balaban J connectivity index is 1.01. The summed E-state index contributed by atoms with van der Waals surface area (Å²) >= 11 is 0. The zero-order valence-electron chi connectivity index (χ0n) is 35.8. The molecule has 12 nitrogen and oxygen atoms in total. The van der Waals surface area contributed by atoms with Crippen LogP contribution in [0.15, 0.2) is 128 Å². The third-order valence-corrected chi connectivity index (χ3v) is 12.5. The van der Waals surface area contributed by atoms with Crippen LogP contribution in [-0.2, 0) is 52.9 Å². The Morgan fingerprint density at radius 3 is 1.12 bits per heavy atom. The number of aromatic nitrogens is 2. The first-order valence-corrected chi connectivity index (χ1v) is 21.5. The summed E-state index contributed by atoms with van der Waals surface area (Å²) in [5.41, 5.74) is 6.92. The SMILES string of the molecule is CCc1cc(Cc2ccc(-n3c(=O)c4cc5c(=O)n(-c6ccc(Cc7ccc(N8C(=O)C=CC8O)c(CC)c7)cc6CC)c(=O)c5cc4c3=O)c(CC)c2)ccc1N1C(=O)C=CC1=O. The summed E-state index contributed by atoms with van der Waals surface area (Å²) in [5, 5.41) is 10.6. The van der Waals surface area contributed by atoms with Crippen molar-refractivity contribution in [3.8, 4) is 11.4 Å². The summed E-state index contributed by atoms with van der Waals surface area (Å²) < 4.78 is 2.24. The number of benzene rings is 5. The Labute approximate surface area is 366 Å². The molecule has 12 heteroatoms. The van der Waals surface area contributed by atoms with Gasteiger partial charge in [0.05, 0.1) is 44.3 Å². The lowest BCUT2D eigenvalue weighted by atomic mass is 9.97. The first-order valence-electron chi connectivity index (χ1n) is 21.5. The number of nitrogens with zero attached hydrogens (tertiary/aromatic N) is 4. The zero-order valence-corrected chi connectivity index (χ0v) is 35.8. The van der Waals surface area contributed by atoms with Gasteiger partial charge in [-0.1, -0.05) is 76.2 Å². The second-order valence-electron chi connectivity index (χ2n) is 16.3. The molecule has 0 saturated carbocycles. The Morgan fingerprint density at radius 2 is 0.766 bits per heavy atom. The van der Waals surface area contributed by atoms with E-state index in [1.54, 1.807) is 18.2 Å². The van der Waals surface area contributed by atoms with Gasteiger partial charge in [-0.25, -0.2) is 14.0 Å². The van der Waals surface area contributed by atoms with Crippen molar-refractivity contribution in [1.29, 1.82) is 0 Å². The normalized spacial score (nSPS) is 15.0. The summed E-state index contributed by atoms with van der Waals surface area (Å²) in [6, 6.07) is 25.3. The van der Waals surface area contributed by atoms with Crippen LogP contribution in [0.1, 0.15) is 72.2 Å². The number of hydrogen-bond acceptors (Lipinski definition) is 8. The van der Waals surface area contributed by atoms with Crippen molar-refractivity contribution in [2.45, 2.75) is 72.4 Å². The quantitative estimate of drug-likeness (QED) is 0.148. The van der Waals surface area contributed by atoms with Crippen molar-refractivity contribution in [2.24, 2.45) is 0 Å². The maximum atomic E-state index is 14.1. The molecule has 64 heavy (non-hydrogen) atoms. The van der Waals surface area contributed by atoms with E-state index in [2.05, 4.69) is 0 Å². The van der Waals surface area contributed by atoms with E-state index in [1.165, 1.54) is 46.2 Å². The molecule has 2 aliphatic heterocycles. The fraction of sp³-hybridized carbons (Fsp3) is 0.212. The third-order valence-electron chi connectivity index (χ3n) is 12.5. The Morgan fingerprint density at radius 1 is 0.422 bits per heavy atom. The van der Waals surface area contributed by atoms with E-state index in [0.29, 0.717) is 61.3 Å². The predicted molar refractivity (Wildman–Crippen MR) is 248 cm³/mol. The maximum absolute atomic E-state index is 14.1. The minimum absolute atomic E-state index is 0.0543. The standard InChI is InChI=1S/C52H44N4O8/c1-5-33-23-29(9-13-41(33)53-45(57)17-18-46(53)58)21-31-11-15-43(35(7-3)25-31)55-49(61)37-27-39-40(28-38(37)50(55)62)52(64)56(51(39)63)44-16-12-32(26-36(44)8-4)22-30-10-14-42(34(6-2)24-30)54-47(59)19-20-48(54)60/h9-20,23-28,45,57H,5-8,21-22H2,1-4H3. The number of carbonyl (C=O) groups is 3. The van der Waals surface area contributed by atoms with E-state index in [9.17, 15) is 38.7 Å². The van der Waals surface area contributed by atoms with E-state index in [4.69, 9.17) is 0 Å². The number of anilines is 2. The lowest BCUT2D eigenvalue weighted by molar-refractivity contribution is -0.120. The number of imide groups is 1. The second kappa shape index (κ2) is 16.3. The summed E-state index contributed by atoms with van der Waals surface area (Å²) in [6.45, 7) is 7.83. The van der Waals surface area contributed by atoms with Gasteiger partial charge >= 0.3 is 0 Å². The molecule has 320 valence electrons. The average Bonchev–Trinajstić information content (AvgIpc) is 3.97. The minimum Gasteiger partial charge on any atom is -0.369 e. The minimum atomic E-state index is -1.01. The fourth-order valence-corrected chi connectivity index (χ4v) is 9.26. The van der Waals surface area contributed by atoms with E-state index in [1.807, 2.05) is 82.3 Å². The van der Waals surface area contributed by atoms with Crippen molar-refractivity contribution in [1.82, 2.24) is 9.13 Å². The molecule has 2 aliphatic rings. The Kier molecular flexibility index (Phi) is 10.6. The molecule has 0 spiro atoms. The topological polar surface area (TPSA) is 156 Å². The molecule has 5 aromatic carbocycles. The third kappa shape index (κ3) is 6.87. The largest absolute Gasteiger partial charge is 0.369 e. The van der Waals surface area contributed by atoms with Gasteiger partial charge in [0.25, 0.3) is 40.0 Å². The highest BCUT2D eigenvalue weighted by atomic mass is 16.3. The van der Waals surface area contributed by atoms with Crippen LogP contribution in [0.5, 0.6) is 0 Å². The number of aliphatic hydroxyl groups is 1. The van der Waals surface area contributed by atoms with Crippen LogP contribution < -0.4 is 32.0 Å². The highest BCUT2D eigenvalue weighted by molar-refractivity contribution is 6.28. The molecule has 4 heterocycles. The lowest BCUT2D eigenvalue weighted by Crippen LogP contribution is -2.34. The van der Waals surface area contributed by atoms with Crippen LogP contribution in [0.25, 0.3) is 32.9 Å². The number of rotatable bonds is 12. The molecule has 3 amide bonds. The van der Waals surface area contributed by atoms with Gasteiger partial charge in [-0.15, -0.1) is 0 Å². The van der Waals surface area contributed by atoms with Gasteiger partial charge in [0.15, 0.2) is 6.23 Å². The molecule has 0 bridgehead atoms. The summed E-state index contributed by atoms with van der Waals surface area (Å²) in [4.78, 5) is 96.1. The van der Waals surface area contributed by atoms with Crippen molar-refractivity contribution in [3.63, 3.8) is 0 Å². The molecule has 0 fully saturated rings. The van der Waals surface area contributed by atoms with Crippen LogP contribution in [-0.4, -0.2) is 38.2 Å². The molecule has 1 unspecified atom stereocenters. The molecule has 1 N–H and O–H groups in total. The van der Waals surface area contributed by atoms with E-state index >= 15 is 0 Å². The van der Waals surface area contributed by atoms with Crippen molar-refractivity contribution in [3.05, 3.63) is 195 Å². The van der Waals surface area contributed by atoms with Gasteiger partial charge in [-0.2, -0.15) is 0 Å². The summed E-state index contributed by atoms with van der Waals surface area (Å²) in [5.74, 6) is -1.02. The number of aryl methyl sites for hydroxylation is 4. The fourth-order valence-electron chi connectivity index (χ4n) is 9.26. The molecule has 0 saturated heterocycles. The molecule has 0 radical (unpaired) electrons. The van der Waals surface area contributed by atoms with Crippen LogP contribution in [0.2, 0.25) is 0 Å². The monoisotopic (exact) mass is 852 g/mol. The van der Waals surface area contributed by atoms with Crippen molar-refractivity contribution >= 4 is 50.6 Å². The molecule has 9 rings (SSSR count). The number of amides is 3. The molecular weight excluding hydrogens is 809 g/mol. The smallest absolute Gasteiger partial charge is 0.266 e. The molecule has 2 aromatic heterocycles.